The normalized spacial score (nSPS) is 10.6. The minimum absolute atomic E-state index is 0.00595. The summed E-state index contributed by atoms with van der Waals surface area (Å²) < 4.78 is 0. The number of rotatable bonds is 7. The van der Waals surface area contributed by atoms with Crippen LogP contribution in [0.25, 0.3) is 0 Å². The number of nitrogens with two attached hydrogens (primary N) is 1. The van der Waals surface area contributed by atoms with Gasteiger partial charge in [0.15, 0.2) is 0 Å². The van der Waals surface area contributed by atoms with Gasteiger partial charge in [0, 0.05) is 11.4 Å². The largest absolute Gasteiger partial charge is 0.399 e. The number of benzene rings is 1. The van der Waals surface area contributed by atoms with Crippen LogP contribution in [0.5, 0.6) is 0 Å². The zero-order chi connectivity index (χ0) is 13.4. The van der Waals surface area contributed by atoms with Gasteiger partial charge in [0.25, 0.3) is 0 Å². The maximum Gasteiger partial charge on any atom is 0.238 e. The molecule has 0 radical (unpaired) electrons. The Balaban J connectivity index is 2.30. The number of nitrogens with zero attached hydrogens (tertiary/aromatic N) is 1. The highest BCUT2D eigenvalue weighted by molar-refractivity contribution is 7.98. The third kappa shape index (κ3) is 5.93. The molecule has 1 rings (SSSR count). The summed E-state index contributed by atoms with van der Waals surface area (Å²) >= 11 is 1.83. The topological polar surface area (TPSA) is 58.4 Å². The quantitative estimate of drug-likeness (QED) is 0.585. The third-order valence-electron chi connectivity index (χ3n) is 2.50. The van der Waals surface area contributed by atoms with Crippen LogP contribution in [0.3, 0.4) is 0 Å². The molecule has 0 fully saturated rings. The van der Waals surface area contributed by atoms with E-state index in [2.05, 4.69) is 11.6 Å². The van der Waals surface area contributed by atoms with Crippen LogP contribution in [0.15, 0.2) is 24.3 Å². The van der Waals surface area contributed by atoms with E-state index >= 15 is 0 Å². The molecule has 1 aromatic rings. The average Bonchev–Trinajstić information content (AvgIpc) is 2.32. The van der Waals surface area contributed by atoms with Gasteiger partial charge in [0.05, 0.1) is 6.54 Å². The van der Waals surface area contributed by atoms with E-state index in [0.29, 0.717) is 12.2 Å². The molecule has 100 valence electrons. The molecule has 5 heteroatoms. The lowest BCUT2D eigenvalue weighted by Gasteiger charge is -2.15. The van der Waals surface area contributed by atoms with Crippen molar-refractivity contribution in [1.29, 1.82) is 0 Å². The Morgan fingerprint density at radius 3 is 2.67 bits per heavy atom. The fourth-order valence-electron chi connectivity index (χ4n) is 1.57. The van der Waals surface area contributed by atoms with E-state index in [1.165, 1.54) is 0 Å². The number of anilines is 2. The van der Waals surface area contributed by atoms with Crippen LogP contribution in [0.1, 0.15) is 6.42 Å². The van der Waals surface area contributed by atoms with Gasteiger partial charge in [-0.15, -0.1) is 0 Å². The van der Waals surface area contributed by atoms with Crippen molar-refractivity contribution in [2.75, 3.05) is 43.2 Å². The SMILES string of the molecule is CSCCCN(C)CC(=O)Nc1ccc(N)cc1. The van der Waals surface area contributed by atoms with Gasteiger partial charge in [-0.1, -0.05) is 0 Å². The first-order valence-corrected chi connectivity index (χ1v) is 7.34. The van der Waals surface area contributed by atoms with Crippen molar-refractivity contribution in [1.82, 2.24) is 4.90 Å². The zero-order valence-electron chi connectivity index (χ0n) is 11.0. The highest BCUT2D eigenvalue weighted by Crippen LogP contribution is 2.10. The standard InChI is InChI=1S/C13H21N3OS/c1-16(8-3-9-18-2)10-13(17)15-12-6-4-11(14)5-7-12/h4-7H,3,8-10,14H2,1-2H3,(H,15,17). The Kier molecular flexibility index (Phi) is 6.60. The zero-order valence-corrected chi connectivity index (χ0v) is 11.8. The molecule has 0 unspecified atom stereocenters. The highest BCUT2D eigenvalue weighted by atomic mass is 32.2. The summed E-state index contributed by atoms with van der Waals surface area (Å²) in [4.78, 5) is 13.8. The smallest absolute Gasteiger partial charge is 0.238 e. The van der Waals surface area contributed by atoms with Crippen LogP contribution < -0.4 is 11.1 Å². The number of carbonyl (C=O) groups is 1. The molecule has 0 bridgehead atoms. The minimum Gasteiger partial charge on any atom is -0.399 e. The molecule has 1 amide bonds. The molecule has 0 aliphatic carbocycles. The number of amides is 1. The van der Waals surface area contributed by atoms with Crippen LogP contribution in [-0.2, 0) is 4.79 Å². The van der Waals surface area contributed by atoms with Gasteiger partial charge in [-0.2, -0.15) is 11.8 Å². The molecular weight excluding hydrogens is 246 g/mol. The second-order valence-electron chi connectivity index (χ2n) is 4.25. The fourth-order valence-corrected chi connectivity index (χ4v) is 1.99. The van der Waals surface area contributed by atoms with Crippen molar-refractivity contribution in [2.24, 2.45) is 0 Å². The number of hydrogen-bond donors (Lipinski definition) is 2. The first kappa shape index (κ1) is 14.9. The van der Waals surface area contributed by atoms with E-state index in [1.807, 2.05) is 23.7 Å². The van der Waals surface area contributed by atoms with Gasteiger partial charge >= 0.3 is 0 Å². The lowest BCUT2D eigenvalue weighted by Crippen LogP contribution is -2.31. The summed E-state index contributed by atoms with van der Waals surface area (Å²) in [6.45, 7) is 1.36. The van der Waals surface area contributed by atoms with Crippen molar-refractivity contribution in [3.63, 3.8) is 0 Å². The van der Waals surface area contributed by atoms with Crippen LogP contribution >= 0.6 is 11.8 Å². The number of thioether (sulfide) groups is 1. The molecule has 1 aromatic carbocycles. The molecule has 0 heterocycles. The van der Waals surface area contributed by atoms with Gasteiger partial charge < -0.3 is 11.1 Å². The highest BCUT2D eigenvalue weighted by Gasteiger charge is 2.06. The Bertz CT molecular complexity index is 367. The van der Waals surface area contributed by atoms with E-state index in [4.69, 9.17) is 5.73 Å². The van der Waals surface area contributed by atoms with Gasteiger partial charge in [-0.05, 0) is 56.3 Å². The molecule has 0 aliphatic rings. The maximum atomic E-state index is 11.8. The predicted molar refractivity (Wildman–Crippen MR) is 80.0 cm³/mol. The monoisotopic (exact) mass is 267 g/mol. The number of likely N-dealkylation sites (N-methyl/N-ethyl adjacent to an activating group) is 1. The summed E-state index contributed by atoms with van der Waals surface area (Å²) in [5.74, 6) is 1.13. The summed E-state index contributed by atoms with van der Waals surface area (Å²) in [6.07, 6.45) is 3.20. The Morgan fingerprint density at radius 1 is 1.39 bits per heavy atom. The Hall–Kier alpha value is -1.20. The Labute approximate surface area is 113 Å². The third-order valence-corrected chi connectivity index (χ3v) is 3.19. The summed E-state index contributed by atoms with van der Waals surface area (Å²) in [6, 6.07) is 7.16. The average molecular weight is 267 g/mol. The number of carbonyl (C=O) groups excluding carboxylic acids is 1. The second kappa shape index (κ2) is 8.00. The van der Waals surface area contributed by atoms with E-state index in [9.17, 15) is 4.79 Å². The van der Waals surface area contributed by atoms with Gasteiger partial charge in [-0.25, -0.2) is 0 Å². The molecule has 0 aliphatic heterocycles. The summed E-state index contributed by atoms with van der Waals surface area (Å²) in [7, 11) is 1.96. The molecule has 0 spiro atoms. The minimum atomic E-state index is 0.00595. The maximum absolute atomic E-state index is 11.8. The predicted octanol–water partition coefficient (Wildman–Crippen LogP) is 1.89. The van der Waals surface area contributed by atoms with Crippen LogP contribution in [-0.4, -0.2) is 43.0 Å². The summed E-state index contributed by atoms with van der Waals surface area (Å²) in [5, 5.41) is 2.85. The lowest BCUT2D eigenvalue weighted by atomic mass is 10.3. The van der Waals surface area contributed by atoms with E-state index in [-0.39, 0.29) is 5.91 Å². The molecule has 18 heavy (non-hydrogen) atoms. The first-order chi connectivity index (χ1) is 8.61. The van der Waals surface area contributed by atoms with Crippen molar-refractivity contribution in [2.45, 2.75) is 6.42 Å². The second-order valence-corrected chi connectivity index (χ2v) is 5.24. The number of nitrogens with one attached hydrogen (secondary N) is 1. The van der Waals surface area contributed by atoms with Crippen molar-refractivity contribution >= 4 is 29.0 Å². The fraction of sp³-hybridized carbons (Fsp3) is 0.462. The molecule has 0 saturated heterocycles. The van der Waals surface area contributed by atoms with Gasteiger partial charge in [0.1, 0.15) is 0 Å². The first-order valence-electron chi connectivity index (χ1n) is 5.94. The van der Waals surface area contributed by atoms with E-state index in [1.54, 1.807) is 24.3 Å². The Morgan fingerprint density at radius 2 is 2.06 bits per heavy atom. The van der Waals surface area contributed by atoms with Crippen molar-refractivity contribution in [3.05, 3.63) is 24.3 Å². The van der Waals surface area contributed by atoms with Gasteiger partial charge in [0.2, 0.25) is 5.91 Å². The van der Waals surface area contributed by atoms with E-state index < -0.39 is 0 Å². The van der Waals surface area contributed by atoms with Crippen LogP contribution in [0.2, 0.25) is 0 Å². The molecule has 0 aromatic heterocycles. The molecular formula is C13H21N3OS. The molecule has 0 atom stereocenters. The van der Waals surface area contributed by atoms with Crippen LogP contribution in [0, 0.1) is 0 Å². The van der Waals surface area contributed by atoms with Crippen molar-refractivity contribution < 1.29 is 4.79 Å². The van der Waals surface area contributed by atoms with Crippen molar-refractivity contribution in [3.8, 4) is 0 Å². The lowest BCUT2D eigenvalue weighted by molar-refractivity contribution is -0.117. The number of nitrogen functional groups attached to an aromatic ring is 1. The van der Waals surface area contributed by atoms with Crippen LogP contribution in [0.4, 0.5) is 11.4 Å². The van der Waals surface area contributed by atoms with E-state index in [0.717, 1.165) is 24.4 Å². The molecule has 0 saturated carbocycles. The molecule has 4 nitrogen and oxygen atoms in total. The number of hydrogen-bond acceptors (Lipinski definition) is 4. The van der Waals surface area contributed by atoms with Gasteiger partial charge in [-0.3, -0.25) is 9.69 Å². The summed E-state index contributed by atoms with van der Waals surface area (Å²) in [5.41, 5.74) is 7.06. The molecule has 3 N–H and O–H groups in total.